The molecule has 1 aromatic heterocycles. The molecule has 0 bridgehead atoms. The number of aromatic nitrogens is 1. The van der Waals surface area contributed by atoms with Crippen molar-refractivity contribution in [2.45, 2.75) is 28.3 Å². The SMILES string of the molecule is O=C(CSc1ccncc1)N1CCC2(CC1)Nc1ccccc1S(=O)(=O)N2. The van der Waals surface area contributed by atoms with Gasteiger partial charge in [0.05, 0.1) is 11.4 Å². The third-order valence-corrected chi connectivity index (χ3v) is 7.45. The standard InChI is InChI=1S/C18H20N4O3S2/c23-17(13-26-14-5-9-19-10-6-14)22-11-7-18(8-12-22)20-15-3-1-2-4-16(15)27(24,25)21-18/h1-6,9-10,20-21H,7-8,11-13H2. The van der Waals surface area contributed by atoms with Crippen LogP contribution in [0.5, 0.6) is 0 Å². The van der Waals surface area contributed by atoms with Crippen molar-refractivity contribution < 1.29 is 13.2 Å². The number of nitrogens with zero attached hydrogens (tertiary/aromatic N) is 2. The van der Waals surface area contributed by atoms with Gasteiger partial charge in [-0.05, 0) is 24.3 Å². The molecular weight excluding hydrogens is 384 g/mol. The summed E-state index contributed by atoms with van der Waals surface area (Å²) in [5.41, 5.74) is -0.119. The maximum Gasteiger partial charge on any atom is 0.244 e. The van der Waals surface area contributed by atoms with Crippen LogP contribution in [0.4, 0.5) is 5.69 Å². The second kappa shape index (κ2) is 7.14. The minimum atomic E-state index is -3.56. The third-order valence-electron chi connectivity index (χ3n) is 4.86. The number of fused-ring (bicyclic) bond motifs is 1. The molecule has 1 amide bonds. The minimum absolute atomic E-state index is 0.0609. The number of hydrogen-bond donors (Lipinski definition) is 2. The first kappa shape index (κ1) is 18.3. The minimum Gasteiger partial charge on any atom is -0.365 e. The van der Waals surface area contributed by atoms with Crippen LogP contribution in [-0.4, -0.2) is 48.7 Å². The predicted molar refractivity (Wildman–Crippen MR) is 104 cm³/mol. The van der Waals surface area contributed by atoms with Crippen molar-refractivity contribution in [1.29, 1.82) is 0 Å². The summed E-state index contributed by atoms with van der Waals surface area (Å²) in [6.07, 6.45) is 4.45. The quantitative estimate of drug-likeness (QED) is 0.760. The molecule has 1 aromatic carbocycles. The zero-order chi connectivity index (χ0) is 18.9. The van der Waals surface area contributed by atoms with Gasteiger partial charge in [0.1, 0.15) is 10.6 Å². The molecule has 0 radical (unpaired) electrons. The Morgan fingerprint density at radius 3 is 2.59 bits per heavy atom. The van der Waals surface area contributed by atoms with Gasteiger partial charge < -0.3 is 10.2 Å². The first-order valence-electron chi connectivity index (χ1n) is 8.69. The van der Waals surface area contributed by atoms with Crippen LogP contribution in [-0.2, 0) is 14.8 Å². The summed E-state index contributed by atoms with van der Waals surface area (Å²) in [6.45, 7) is 1.01. The average Bonchev–Trinajstić information content (AvgIpc) is 2.67. The first-order chi connectivity index (χ1) is 13.0. The van der Waals surface area contributed by atoms with Gasteiger partial charge >= 0.3 is 0 Å². The Balaban J connectivity index is 1.40. The number of likely N-dealkylation sites (tertiary alicyclic amines) is 1. The van der Waals surface area contributed by atoms with E-state index < -0.39 is 15.7 Å². The summed E-state index contributed by atoms with van der Waals surface area (Å²) in [4.78, 5) is 19.5. The molecule has 3 heterocycles. The molecule has 1 spiro atoms. The molecule has 2 aliphatic heterocycles. The second-order valence-corrected chi connectivity index (χ2v) is 9.36. The number of anilines is 1. The maximum absolute atomic E-state index is 12.6. The van der Waals surface area contributed by atoms with E-state index in [0.717, 1.165) is 4.90 Å². The number of hydrogen-bond acceptors (Lipinski definition) is 6. The Bertz CT molecular complexity index is 942. The van der Waals surface area contributed by atoms with Crippen molar-refractivity contribution in [2.24, 2.45) is 0 Å². The molecule has 27 heavy (non-hydrogen) atoms. The lowest BCUT2D eigenvalue weighted by atomic mass is 9.97. The molecule has 0 aliphatic carbocycles. The van der Waals surface area contributed by atoms with Gasteiger partial charge in [0.15, 0.2) is 0 Å². The number of carbonyl (C=O) groups excluding carboxylic acids is 1. The summed E-state index contributed by atoms with van der Waals surface area (Å²) in [7, 11) is -3.56. The fourth-order valence-corrected chi connectivity index (χ4v) is 5.77. The largest absolute Gasteiger partial charge is 0.365 e. The summed E-state index contributed by atoms with van der Waals surface area (Å²) in [6, 6.07) is 10.6. The Kier molecular flexibility index (Phi) is 4.83. The number of amides is 1. The lowest BCUT2D eigenvalue weighted by molar-refractivity contribution is -0.129. The summed E-state index contributed by atoms with van der Waals surface area (Å²) in [5.74, 6) is 0.421. The van der Waals surface area contributed by atoms with E-state index in [1.54, 1.807) is 35.5 Å². The van der Waals surface area contributed by atoms with Crippen LogP contribution < -0.4 is 10.0 Å². The zero-order valence-electron chi connectivity index (χ0n) is 14.6. The van der Waals surface area contributed by atoms with Crippen LogP contribution in [0.1, 0.15) is 12.8 Å². The molecule has 9 heteroatoms. The fraction of sp³-hybridized carbons (Fsp3) is 0.333. The third kappa shape index (κ3) is 3.80. The lowest BCUT2D eigenvalue weighted by Gasteiger charge is -2.45. The van der Waals surface area contributed by atoms with Crippen LogP contribution in [0.25, 0.3) is 0 Å². The zero-order valence-corrected chi connectivity index (χ0v) is 16.2. The molecule has 1 fully saturated rings. The highest BCUT2D eigenvalue weighted by molar-refractivity contribution is 8.00. The molecule has 4 rings (SSSR count). The van der Waals surface area contributed by atoms with E-state index in [2.05, 4.69) is 15.0 Å². The summed E-state index contributed by atoms with van der Waals surface area (Å²) < 4.78 is 28.0. The van der Waals surface area contributed by atoms with Crippen LogP contribution in [0, 0.1) is 0 Å². The number of para-hydroxylation sites is 1. The van der Waals surface area contributed by atoms with E-state index in [9.17, 15) is 13.2 Å². The van der Waals surface area contributed by atoms with Gasteiger partial charge in [-0.25, -0.2) is 8.42 Å². The number of benzene rings is 1. The number of pyridine rings is 1. The normalized spacial score (nSPS) is 19.9. The maximum atomic E-state index is 12.6. The van der Waals surface area contributed by atoms with Gasteiger partial charge in [-0.3, -0.25) is 9.78 Å². The number of piperidine rings is 1. The highest BCUT2D eigenvalue weighted by Crippen LogP contribution is 2.34. The van der Waals surface area contributed by atoms with E-state index >= 15 is 0 Å². The van der Waals surface area contributed by atoms with Crippen molar-refractivity contribution in [3.63, 3.8) is 0 Å². The van der Waals surface area contributed by atoms with Gasteiger partial charge in [-0.2, -0.15) is 4.72 Å². The number of carbonyl (C=O) groups is 1. The number of sulfonamides is 1. The number of thioether (sulfide) groups is 1. The molecule has 2 N–H and O–H groups in total. The van der Waals surface area contributed by atoms with Crippen LogP contribution in [0.3, 0.4) is 0 Å². The Hall–Kier alpha value is -2.10. The van der Waals surface area contributed by atoms with Gasteiger partial charge in [-0.15, -0.1) is 11.8 Å². The van der Waals surface area contributed by atoms with Crippen LogP contribution in [0.2, 0.25) is 0 Å². The molecule has 0 saturated carbocycles. The van der Waals surface area contributed by atoms with E-state index in [1.807, 2.05) is 18.2 Å². The molecule has 2 aromatic rings. The van der Waals surface area contributed by atoms with E-state index in [0.29, 0.717) is 37.4 Å². The van der Waals surface area contributed by atoms with Gasteiger partial charge in [-0.1, -0.05) is 12.1 Å². The van der Waals surface area contributed by atoms with E-state index in [-0.39, 0.29) is 10.8 Å². The van der Waals surface area contributed by atoms with Crippen molar-refractivity contribution in [3.8, 4) is 0 Å². The van der Waals surface area contributed by atoms with Gasteiger partial charge in [0, 0.05) is 43.2 Å². The van der Waals surface area contributed by atoms with Gasteiger partial charge in [0.2, 0.25) is 15.9 Å². The van der Waals surface area contributed by atoms with Crippen LogP contribution in [0.15, 0.2) is 58.6 Å². The van der Waals surface area contributed by atoms with Gasteiger partial charge in [0.25, 0.3) is 0 Å². The Morgan fingerprint density at radius 1 is 1.15 bits per heavy atom. The Labute approximate surface area is 162 Å². The average molecular weight is 405 g/mol. The molecule has 0 unspecified atom stereocenters. The fourth-order valence-electron chi connectivity index (χ4n) is 3.44. The van der Waals surface area contributed by atoms with E-state index in [4.69, 9.17) is 0 Å². The highest BCUT2D eigenvalue weighted by atomic mass is 32.2. The molecule has 7 nitrogen and oxygen atoms in total. The first-order valence-corrected chi connectivity index (χ1v) is 11.2. The topological polar surface area (TPSA) is 91.4 Å². The number of nitrogens with one attached hydrogen (secondary N) is 2. The molecule has 142 valence electrons. The molecule has 0 atom stereocenters. The summed E-state index contributed by atoms with van der Waals surface area (Å²) in [5, 5.41) is 3.34. The van der Waals surface area contributed by atoms with Crippen LogP contribution >= 0.6 is 11.8 Å². The van der Waals surface area contributed by atoms with Crippen molar-refractivity contribution >= 4 is 33.4 Å². The van der Waals surface area contributed by atoms with E-state index in [1.165, 1.54) is 11.8 Å². The molecular formula is C18H20N4O3S2. The van der Waals surface area contributed by atoms with Crippen molar-refractivity contribution in [2.75, 3.05) is 24.2 Å². The lowest BCUT2D eigenvalue weighted by Crippen LogP contribution is -2.62. The molecule has 2 aliphatic rings. The Morgan fingerprint density at radius 2 is 1.85 bits per heavy atom. The summed E-state index contributed by atoms with van der Waals surface area (Å²) >= 11 is 1.48. The smallest absolute Gasteiger partial charge is 0.244 e. The highest BCUT2D eigenvalue weighted by Gasteiger charge is 2.43. The monoisotopic (exact) mass is 404 g/mol. The molecule has 1 saturated heterocycles. The second-order valence-electron chi connectivity index (χ2n) is 6.66. The van der Waals surface area contributed by atoms with Crippen molar-refractivity contribution in [1.82, 2.24) is 14.6 Å². The van der Waals surface area contributed by atoms with Crippen molar-refractivity contribution in [3.05, 3.63) is 48.8 Å². The predicted octanol–water partition coefficient (Wildman–Crippen LogP) is 1.90. The number of rotatable bonds is 3.